The van der Waals surface area contributed by atoms with Gasteiger partial charge in [0, 0.05) is 49.9 Å². The molecule has 2 amide bonds. The number of fused-ring (bicyclic) bond motifs is 1. The number of nitrogens with zero attached hydrogens (tertiary/aromatic N) is 3. The van der Waals surface area contributed by atoms with Crippen LogP contribution < -0.4 is 0 Å². The van der Waals surface area contributed by atoms with Crippen LogP contribution in [0.4, 0.5) is 0 Å². The van der Waals surface area contributed by atoms with Crippen LogP contribution in [-0.4, -0.2) is 52.0 Å². The SMILES string of the molecule is O=C(CSc1ccncc1)N1CCC(=O)N(Cc2ccc3ccccc3c2)CC1. The summed E-state index contributed by atoms with van der Waals surface area (Å²) in [5, 5.41) is 2.37. The van der Waals surface area contributed by atoms with E-state index in [0.29, 0.717) is 38.4 Å². The standard InChI is InChI=1S/C23H23N3O2S/c27-22-9-12-25(23(28)17-29-21-7-10-24-11-8-21)13-14-26(22)16-18-5-6-19-3-1-2-4-20(19)15-18/h1-8,10-11,15H,9,12-14,16-17H2. The van der Waals surface area contributed by atoms with E-state index in [2.05, 4.69) is 35.3 Å². The Morgan fingerprint density at radius 3 is 2.59 bits per heavy atom. The molecule has 4 rings (SSSR count). The summed E-state index contributed by atoms with van der Waals surface area (Å²) in [6.45, 7) is 2.21. The molecule has 0 N–H and O–H groups in total. The van der Waals surface area contributed by atoms with Crippen molar-refractivity contribution in [2.75, 3.05) is 25.4 Å². The minimum absolute atomic E-state index is 0.0761. The van der Waals surface area contributed by atoms with Gasteiger partial charge in [0.1, 0.15) is 0 Å². The number of carbonyl (C=O) groups excluding carboxylic acids is 2. The van der Waals surface area contributed by atoms with Crippen LogP contribution in [0.3, 0.4) is 0 Å². The van der Waals surface area contributed by atoms with Crippen LogP contribution in [0.15, 0.2) is 71.9 Å². The Labute approximate surface area is 174 Å². The summed E-state index contributed by atoms with van der Waals surface area (Å²) < 4.78 is 0. The number of hydrogen-bond acceptors (Lipinski definition) is 4. The molecule has 148 valence electrons. The van der Waals surface area contributed by atoms with E-state index in [9.17, 15) is 9.59 Å². The average molecular weight is 406 g/mol. The largest absolute Gasteiger partial charge is 0.340 e. The minimum Gasteiger partial charge on any atom is -0.340 e. The van der Waals surface area contributed by atoms with Gasteiger partial charge >= 0.3 is 0 Å². The lowest BCUT2D eigenvalue weighted by Crippen LogP contribution is -2.36. The third kappa shape index (κ3) is 4.95. The highest BCUT2D eigenvalue weighted by Gasteiger charge is 2.23. The molecule has 2 heterocycles. The van der Waals surface area contributed by atoms with Crippen LogP contribution >= 0.6 is 11.8 Å². The van der Waals surface area contributed by atoms with Crippen molar-refractivity contribution in [2.45, 2.75) is 17.9 Å². The molecule has 1 aliphatic heterocycles. The van der Waals surface area contributed by atoms with E-state index >= 15 is 0 Å². The topological polar surface area (TPSA) is 53.5 Å². The van der Waals surface area contributed by atoms with Crippen LogP contribution in [0.1, 0.15) is 12.0 Å². The van der Waals surface area contributed by atoms with Crippen molar-refractivity contribution in [3.05, 3.63) is 72.6 Å². The third-order valence-electron chi connectivity index (χ3n) is 5.14. The molecule has 5 nitrogen and oxygen atoms in total. The highest BCUT2D eigenvalue weighted by atomic mass is 32.2. The highest BCUT2D eigenvalue weighted by Crippen LogP contribution is 2.19. The molecule has 0 atom stereocenters. The van der Waals surface area contributed by atoms with E-state index in [1.54, 1.807) is 12.4 Å². The smallest absolute Gasteiger partial charge is 0.233 e. The number of benzene rings is 2. The molecule has 1 aliphatic rings. The zero-order valence-electron chi connectivity index (χ0n) is 16.2. The lowest BCUT2D eigenvalue weighted by molar-refractivity contribution is -0.130. The van der Waals surface area contributed by atoms with Crippen molar-refractivity contribution in [2.24, 2.45) is 0 Å². The molecule has 0 spiro atoms. The summed E-state index contributed by atoms with van der Waals surface area (Å²) in [5.41, 5.74) is 1.12. The molecule has 0 saturated carbocycles. The molecule has 0 bridgehead atoms. The number of hydrogen-bond donors (Lipinski definition) is 0. The van der Waals surface area contributed by atoms with Gasteiger partial charge in [-0.15, -0.1) is 11.8 Å². The van der Waals surface area contributed by atoms with E-state index in [-0.39, 0.29) is 11.8 Å². The summed E-state index contributed by atoms with van der Waals surface area (Å²) >= 11 is 1.50. The lowest BCUT2D eigenvalue weighted by atomic mass is 10.1. The quantitative estimate of drug-likeness (QED) is 0.609. The molecule has 0 aliphatic carbocycles. The number of rotatable bonds is 5. The zero-order chi connectivity index (χ0) is 20.1. The van der Waals surface area contributed by atoms with Crippen LogP contribution in [-0.2, 0) is 16.1 Å². The maximum Gasteiger partial charge on any atom is 0.233 e. The Morgan fingerprint density at radius 1 is 0.966 bits per heavy atom. The summed E-state index contributed by atoms with van der Waals surface area (Å²) in [4.78, 5) is 33.9. The molecular weight excluding hydrogens is 382 g/mol. The first-order valence-corrected chi connectivity index (χ1v) is 10.7. The van der Waals surface area contributed by atoms with Gasteiger partial charge in [-0.3, -0.25) is 14.6 Å². The van der Waals surface area contributed by atoms with Crippen molar-refractivity contribution >= 4 is 34.3 Å². The highest BCUT2D eigenvalue weighted by molar-refractivity contribution is 8.00. The van der Waals surface area contributed by atoms with E-state index in [4.69, 9.17) is 0 Å². The number of aromatic nitrogens is 1. The van der Waals surface area contributed by atoms with Gasteiger partial charge in [-0.2, -0.15) is 0 Å². The second-order valence-corrected chi connectivity index (χ2v) is 8.15. The molecule has 1 fully saturated rings. The molecular formula is C23H23N3O2S. The molecule has 3 aromatic rings. The summed E-state index contributed by atoms with van der Waals surface area (Å²) in [5.74, 6) is 0.561. The fraction of sp³-hybridized carbons (Fsp3) is 0.261. The Balaban J connectivity index is 1.36. The number of carbonyl (C=O) groups is 2. The van der Waals surface area contributed by atoms with Crippen molar-refractivity contribution in [1.29, 1.82) is 0 Å². The Morgan fingerprint density at radius 2 is 1.76 bits per heavy atom. The molecule has 6 heteroatoms. The lowest BCUT2D eigenvalue weighted by Gasteiger charge is -2.22. The molecule has 1 aromatic heterocycles. The van der Waals surface area contributed by atoms with E-state index in [1.165, 1.54) is 22.5 Å². The van der Waals surface area contributed by atoms with Crippen molar-refractivity contribution < 1.29 is 9.59 Å². The normalized spacial score (nSPS) is 14.8. The van der Waals surface area contributed by atoms with Gasteiger partial charge < -0.3 is 9.80 Å². The number of pyridine rings is 1. The van der Waals surface area contributed by atoms with Crippen molar-refractivity contribution in [3.63, 3.8) is 0 Å². The fourth-order valence-electron chi connectivity index (χ4n) is 3.51. The van der Waals surface area contributed by atoms with E-state index in [1.807, 2.05) is 34.1 Å². The zero-order valence-corrected chi connectivity index (χ0v) is 17.0. The first-order chi connectivity index (χ1) is 14.2. The second kappa shape index (κ2) is 9.09. The van der Waals surface area contributed by atoms with Gasteiger partial charge in [-0.1, -0.05) is 36.4 Å². The molecule has 29 heavy (non-hydrogen) atoms. The van der Waals surface area contributed by atoms with Crippen molar-refractivity contribution in [3.8, 4) is 0 Å². The van der Waals surface area contributed by atoms with Crippen LogP contribution in [0.5, 0.6) is 0 Å². The van der Waals surface area contributed by atoms with E-state index in [0.717, 1.165) is 10.5 Å². The molecule has 1 saturated heterocycles. The monoisotopic (exact) mass is 405 g/mol. The maximum absolute atomic E-state index is 12.6. The van der Waals surface area contributed by atoms with Gasteiger partial charge in [0.05, 0.1) is 5.75 Å². The summed E-state index contributed by atoms with van der Waals surface area (Å²) in [6.07, 6.45) is 3.82. The summed E-state index contributed by atoms with van der Waals surface area (Å²) in [6, 6.07) is 18.3. The Bertz CT molecular complexity index is 1010. The van der Waals surface area contributed by atoms with Gasteiger partial charge in [0.15, 0.2) is 0 Å². The van der Waals surface area contributed by atoms with E-state index < -0.39 is 0 Å². The van der Waals surface area contributed by atoms with Crippen molar-refractivity contribution in [1.82, 2.24) is 14.8 Å². The number of thioether (sulfide) groups is 1. The number of amides is 2. The molecule has 2 aromatic carbocycles. The third-order valence-corrected chi connectivity index (χ3v) is 6.14. The van der Waals surface area contributed by atoms with Crippen LogP contribution in [0, 0.1) is 0 Å². The minimum atomic E-state index is 0.0761. The predicted molar refractivity (Wildman–Crippen MR) is 116 cm³/mol. The summed E-state index contributed by atoms with van der Waals surface area (Å²) in [7, 11) is 0. The second-order valence-electron chi connectivity index (χ2n) is 7.10. The maximum atomic E-state index is 12.6. The first kappa shape index (κ1) is 19.5. The van der Waals surface area contributed by atoms with Crippen LogP contribution in [0.25, 0.3) is 10.8 Å². The Hall–Kier alpha value is -2.86. The molecule has 0 unspecified atom stereocenters. The van der Waals surface area contributed by atoms with Crippen LogP contribution in [0.2, 0.25) is 0 Å². The average Bonchev–Trinajstić information content (AvgIpc) is 2.94. The first-order valence-electron chi connectivity index (χ1n) is 9.75. The van der Waals surface area contributed by atoms with Gasteiger partial charge in [-0.25, -0.2) is 0 Å². The van der Waals surface area contributed by atoms with Gasteiger partial charge in [0.25, 0.3) is 0 Å². The fourth-order valence-corrected chi connectivity index (χ4v) is 4.30. The predicted octanol–water partition coefficient (Wildman–Crippen LogP) is 3.59. The van der Waals surface area contributed by atoms with Gasteiger partial charge in [-0.05, 0) is 34.5 Å². The Kier molecular flexibility index (Phi) is 6.10. The van der Waals surface area contributed by atoms with Gasteiger partial charge in [0.2, 0.25) is 11.8 Å². The molecule has 0 radical (unpaired) electrons.